The summed E-state index contributed by atoms with van der Waals surface area (Å²) in [4.78, 5) is 24.5. The van der Waals surface area contributed by atoms with E-state index in [0.717, 1.165) is 44.9 Å². The number of rotatable bonds is 62. The van der Waals surface area contributed by atoms with E-state index in [0.29, 0.717) is 19.4 Å². The Balaban J connectivity index is 3.40. The van der Waals surface area contributed by atoms with Crippen LogP contribution in [0.15, 0.2) is 36.5 Å². The number of ether oxygens (including phenoxy) is 1. The summed E-state index contributed by atoms with van der Waals surface area (Å²) < 4.78 is 5.47. The number of allylic oxidation sites excluding steroid dienone is 5. The third-order valence-electron chi connectivity index (χ3n) is 15.4. The zero-order valence-electron chi connectivity index (χ0n) is 49.8. The Labute approximate surface area is 462 Å². The molecule has 0 aromatic rings. The fraction of sp³-hybridized carbons (Fsp3) is 0.882. The molecule has 3 N–H and O–H groups in total. The first kappa shape index (κ1) is 72.1. The zero-order chi connectivity index (χ0) is 53.6. The summed E-state index contributed by atoms with van der Waals surface area (Å²) in [6, 6.07) is -0.627. The summed E-state index contributed by atoms with van der Waals surface area (Å²) in [5.41, 5.74) is 0. The second-order valence-electron chi connectivity index (χ2n) is 22.8. The molecular weight excluding hydrogens is 911 g/mol. The van der Waals surface area contributed by atoms with Gasteiger partial charge in [-0.3, -0.25) is 9.59 Å². The van der Waals surface area contributed by atoms with Crippen molar-refractivity contribution in [2.24, 2.45) is 0 Å². The van der Waals surface area contributed by atoms with Gasteiger partial charge in [-0.05, 0) is 64.2 Å². The Morgan fingerprint density at radius 1 is 0.378 bits per heavy atom. The van der Waals surface area contributed by atoms with Crippen LogP contribution in [0.4, 0.5) is 0 Å². The summed E-state index contributed by atoms with van der Waals surface area (Å²) in [5, 5.41) is 23.1. The van der Waals surface area contributed by atoms with Gasteiger partial charge in [-0.25, -0.2) is 0 Å². The summed E-state index contributed by atoms with van der Waals surface area (Å²) in [5.74, 6) is -0.0524. The van der Waals surface area contributed by atoms with E-state index in [4.69, 9.17) is 4.74 Å². The van der Waals surface area contributed by atoms with Crippen LogP contribution in [0.5, 0.6) is 0 Å². The molecule has 2 unspecified atom stereocenters. The topological polar surface area (TPSA) is 95.9 Å². The molecule has 0 aliphatic heterocycles. The smallest absolute Gasteiger partial charge is 0.305 e. The van der Waals surface area contributed by atoms with Gasteiger partial charge >= 0.3 is 5.97 Å². The summed E-state index contributed by atoms with van der Waals surface area (Å²) in [6.45, 7) is 4.92. The first-order chi connectivity index (χ1) is 36.5. The third kappa shape index (κ3) is 59.3. The highest BCUT2D eigenvalue weighted by Crippen LogP contribution is 2.18. The molecule has 0 saturated heterocycles. The summed E-state index contributed by atoms with van der Waals surface area (Å²) >= 11 is 0. The molecule has 0 aliphatic carbocycles. The summed E-state index contributed by atoms with van der Waals surface area (Å²) in [6.07, 6.45) is 80.7. The number of aliphatic hydroxyl groups is 2. The molecule has 0 aromatic heterocycles. The molecular formula is C68H129NO5. The maximum Gasteiger partial charge on any atom is 0.305 e. The van der Waals surface area contributed by atoms with Crippen LogP contribution in [-0.4, -0.2) is 47.4 Å². The molecule has 0 aliphatic rings. The lowest BCUT2D eigenvalue weighted by Gasteiger charge is -2.20. The molecule has 0 fully saturated rings. The number of aliphatic hydroxyl groups excluding tert-OH is 2. The third-order valence-corrected chi connectivity index (χ3v) is 15.4. The van der Waals surface area contributed by atoms with E-state index in [9.17, 15) is 19.8 Å². The lowest BCUT2D eigenvalue weighted by atomic mass is 10.0. The van der Waals surface area contributed by atoms with Gasteiger partial charge in [0.25, 0.3) is 0 Å². The Hall–Kier alpha value is -1.92. The van der Waals surface area contributed by atoms with Gasteiger partial charge in [0.15, 0.2) is 0 Å². The van der Waals surface area contributed by atoms with Crippen molar-refractivity contribution in [1.29, 1.82) is 0 Å². The van der Waals surface area contributed by atoms with E-state index in [-0.39, 0.29) is 18.5 Å². The standard InChI is InChI=1S/C68H129NO5/c1-3-5-7-9-11-13-15-17-37-40-44-48-52-56-60-66(71)65(64-70)69-67(72)61-57-53-49-45-41-38-35-33-31-29-27-25-23-21-19-18-20-22-24-26-28-30-32-34-36-39-43-47-51-55-59-63-74-68(73)62-58-54-50-46-42-16-14-12-10-8-6-4-2/h20,22,26,28,56,60,65-66,70-71H,3-19,21,23-25,27,29-55,57-59,61-64H2,1-2H3,(H,69,72)/b22-20-,28-26-,60-56+. The largest absolute Gasteiger partial charge is 0.466 e. The van der Waals surface area contributed by atoms with Crippen molar-refractivity contribution in [3.63, 3.8) is 0 Å². The highest BCUT2D eigenvalue weighted by Gasteiger charge is 2.18. The molecule has 74 heavy (non-hydrogen) atoms. The van der Waals surface area contributed by atoms with Crippen LogP contribution in [0.1, 0.15) is 361 Å². The van der Waals surface area contributed by atoms with Crippen molar-refractivity contribution < 1.29 is 24.5 Å². The van der Waals surface area contributed by atoms with E-state index >= 15 is 0 Å². The van der Waals surface area contributed by atoms with Gasteiger partial charge in [0.1, 0.15) is 0 Å². The molecule has 0 spiro atoms. The SMILES string of the molecule is CCCCCCCCCCCCCC/C=C/C(O)C(CO)NC(=O)CCCCCCCCCCCCCCCCC/C=C\C/C=C\CCCCCCCCCCCOC(=O)CCCCCCCCCCCCCC. The molecule has 6 nitrogen and oxygen atoms in total. The van der Waals surface area contributed by atoms with Crippen molar-refractivity contribution >= 4 is 11.9 Å². The van der Waals surface area contributed by atoms with Crippen LogP contribution >= 0.6 is 0 Å². The Bertz CT molecular complexity index is 1200. The molecule has 0 heterocycles. The number of hydrogen-bond acceptors (Lipinski definition) is 5. The molecule has 6 heteroatoms. The van der Waals surface area contributed by atoms with Crippen LogP contribution in [0.3, 0.4) is 0 Å². The number of esters is 1. The first-order valence-electron chi connectivity index (χ1n) is 33.3. The highest BCUT2D eigenvalue weighted by atomic mass is 16.5. The molecule has 436 valence electrons. The number of carbonyl (C=O) groups is 2. The highest BCUT2D eigenvalue weighted by molar-refractivity contribution is 5.76. The number of amides is 1. The second-order valence-corrected chi connectivity index (χ2v) is 22.8. The molecule has 2 atom stereocenters. The predicted octanol–water partition coefficient (Wildman–Crippen LogP) is 21.1. The normalized spacial score (nSPS) is 12.8. The summed E-state index contributed by atoms with van der Waals surface area (Å²) in [7, 11) is 0. The fourth-order valence-electron chi connectivity index (χ4n) is 10.3. The van der Waals surface area contributed by atoms with Crippen LogP contribution in [0, 0.1) is 0 Å². The molecule has 0 rings (SSSR count). The van der Waals surface area contributed by atoms with E-state index < -0.39 is 12.1 Å². The Kier molecular flexibility index (Phi) is 62.0. The number of carbonyl (C=O) groups excluding carboxylic acids is 2. The Morgan fingerprint density at radius 2 is 0.676 bits per heavy atom. The molecule has 0 bridgehead atoms. The maximum atomic E-state index is 12.5. The molecule has 0 aromatic carbocycles. The average molecular weight is 1040 g/mol. The minimum absolute atomic E-state index is 0.0137. The van der Waals surface area contributed by atoms with Crippen molar-refractivity contribution in [1.82, 2.24) is 5.32 Å². The van der Waals surface area contributed by atoms with Crippen LogP contribution < -0.4 is 5.32 Å². The molecule has 1 amide bonds. The van der Waals surface area contributed by atoms with E-state index in [1.54, 1.807) is 6.08 Å². The van der Waals surface area contributed by atoms with Gasteiger partial charge in [-0.1, -0.05) is 320 Å². The van der Waals surface area contributed by atoms with Gasteiger partial charge in [0.2, 0.25) is 5.91 Å². The number of nitrogens with one attached hydrogen (secondary N) is 1. The van der Waals surface area contributed by atoms with Gasteiger partial charge in [0, 0.05) is 12.8 Å². The minimum Gasteiger partial charge on any atom is -0.466 e. The van der Waals surface area contributed by atoms with Crippen molar-refractivity contribution in [2.75, 3.05) is 13.2 Å². The molecule has 0 saturated carbocycles. The number of hydrogen-bond donors (Lipinski definition) is 3. The van der Waals surface area contributed by atoms with Crippen molar-refractivity contribution in [2.45, 2.75) is 373 Å². The second kappa shape index (κ2) is 63.6. The minimum atomic E-state index is -0.843. The van der Waals surface area contributed by atoms with Crippen LogP contribution in [-0.2, 0) is 14.3 Å². The lowest BCUT2D eigenvalue weighted by Crippen LogP contribution is -2.45. The van der Waals surface area contributed by atoms with E-state index in [2.05, 4.69) is 43.5 Å². The average Bonchev–Trinajstić information content (AvgIpc) is 3.40. The van der Waals surface area contributed by atoms with Gasteiger partial charge < -0.3 is 20.3 Å². The maximum absolute atomic E-state index is 12.5. The van der Waals surface area contributed by atoms with Crippen molar-refractivity contribution in [3.8, 4) is 0 Å². The van der Waals surface area contributed by atoms with Crippen LogP contribution in [0.2, 0.25) is 0 Å². The first-order valence-corrected chi connectivity index (χ1v) is 33.3. The Morgan fingerprint density at radius 3 is 1.03 bits per heavy atom. The zero-order valence-corrected chi connectivity index (χ0v) is 49.8. The van der Waals surface area contributed by atoms with Gasteiger partial charge in [0.05, 0.1) is 25.4 Å². The van der Waals surface area contributed by atoms with Crippen molar-refractivity contribution in [3.05, 3.63) is 36.5 Å². The van der Waals surface area contributed by atoms with Gasteiger partial charge in [-0.2, -0.15) is 0 Å². The van der Waals surface area contributed by atoms with Gasteiger partial charge in [-0.15, -0.1) is 0 Å². The van der Waals surface area contributed by atoms with Crippen LogP contribution in [0.25, 0.3) is 0 Å². The van der Waals surface area contributed by atoms with E-state index in [1.165, 1.54) is 289 Å². The number of unbranched alkanes of at least 4 members (excludes halogenated alkanes) is 47. The van der Waals surface area contributed by atoms with E-state index in [1.807, 2.05) is 6.08 Å². The predicted molar refractivity (Wildman–Crippen MR) is 324 cm³/mol. The quantitative estimate of drug-likeness (QED) is 0.0320. The molecule has 0 radical (unpaired) electrons. The monoisotopic (exact) mass is 1040 g/mol. The fourth-order valence-corrected chi connectivity index (χ4v) is 10.3. The lowest BCUT2D eigenvalue weighted by molar-refractivity contribution is -0.143.